The van der Waals surface area contributed by atoms with Crippen molar-refractivity contribution >= 4 is 33.4 Å². The third-order valence-electron chi connectivity index (χ3n) is 8.43. The van der Waals surface area contributed by atoms with Crippen LogP contribution < -0.4 is 25.4 Å². The molecule has 2 atom stereocenters. The van der Waals surface area contributed by atoms with E-state index in [9.17, 15) is 14.9 Å². The van der Waals surface area contributed by atoms with Crippen molar-refractivity contribution < 1.29 is 19.1 Å². The first-order valence-corrected chi connectivity index (χ1v) is 16.2. The van der Waals surface area contributed by atoms with Crippen molar-refractivity contribution in [3.63, 3.8) is 0 Å². The molecule has 2 amide bonds. The Hall–Kier alpha value is -3.81. The van der Waals surface area contributed by atoms with Crippen LogP contribution in [0, 0.1) is 17.2 Å². The van der Waals surface area contributed by atoms with Crippen molar-refractivity contribution in [1.82, 2.24) is 15.5 Å². The lowest BCUT2D eigenvalue weighted by atomic mass is 9.72. The molecule has 2 heterocycles. The standard InChI is InChI=1S/C34H40BrN5O4/c1-4-8-22-15-28-32(29(41)16-22)31(25(19-36)21(3)38-28)24-17-26(35)33(30(18-24)43-5-2)44-20-23-9-6-7-10-27(23)39-34(42)40-13-11-37-12-14-40/h6-7,9-10,17-18,22,31,37-38H,4-5,8,11-16,20H2,1-3H3,(H,39,42). The predicted octanol–water partition coefficient (Wildman–Crippen LogP) is 6.38. The Morgan fingerprint density at radius 1 is 1.16 bits per heavy atom. The molecule has 0 aromatic heterocycles. The molecule has 0 radical (unpaired) electrons. The number of urea groups is 1. The molecule has 9 nitrogen and oxygen atoms in total. The number of piperazine rings is 1. The summed E-state index contributed by atoms with van der Waals surface area (Å²) in [6.45, 7) is 9.41. The van der Waals surface area contributed by atoms with Gasteiger partial charge in [-0.15, -0.1) is 0 Å². The molecule has 10 heteroatoms. The topological polar surface area (TPSA) is 116 Å². The molecule has 2 aliphatic heterocycles. The summed E-state index contributed by atoms with van der Waals surface area (Å²) in [4.78, 5) is 28.2. The second-order valence-corrected chi connectivity index (χ2v) is 12.3. The summed E-state index contributed by atoms with van der Waals surface area (Å²) in [5, 5.41) is 19.9. The maximum absolute atomic E-state index is 13.6. The third kappa shape index (κ3) is 6.79. The van der Waals surface area contributed by atoms with Crippen LogP contribution in [0.5, 0.6) is 11.5 Å². The van der Waals surface area contributed by atoms with Gasteiger partial charge in [0.05, 0.1) is 28.6 Å². The number of amides is 2. The second kappa shape index (κ2) is 14.3. The monoisotopic (exact) mass is 661 g/mol. The Balaban J connectivity index is 1.43. The van der Waals surface area contributed by atoms with Crippen LogP contribution >= 0.6 is 15.9 Å². The number of halogens is 1. The number of allylic oxidation sites excluding steroid dienone is 4. The zero-order chi connectivity index (χ0) is 31.2. The Bertz CT molecular complexity index is 1520. The predicted molar refractivity (Wildman–Crippen MR) is 173 cm³/mol. The molecule has 0 bridgehead atoms. The molecule has 2 aromatic carbocycles. The van der Waals surface area contributed by atoms with Crippen molar-refractivity contribution in [1.29, 1.82) is 5.26 Å². The molecule has 1 saturated heterocycles. The minimum atomic E-state index is -0.489. The number of carbonyl (C=O) groups excluding carboxylic acids is 2. The Kier molecular flexibility index (Phi) is 10.3. The zero-order valence-corrected chi connectivity index (χ0v) is 27.2. The largest absolute Gasteiger partial charge is 0.490 e. The summed E-state index contributed by atoms with van der Waals surface area (Å²) < 4.78 is 13.1. The molecule has 3 aliphatic rings. The van der Waals surface area contributed by atoms with E-state index in [1.165, 1.54) is 0 Å². The molecular formula is C34H40BrN5O4. The lowest BCUT2D eigenvalue weighted by molar-refractivity contribution is -0.117. The molecule has 5 rings (SSSR count). The van der Waals surface area contributed by atoms with Gasteiger partial charge in [-0.05, 0) is 72.3 Å². The summed E-state index contributed by atoms with van der Waals surface area (Å²) in [7, 11) is 0. The molecule has 232 valence electrons. The van der Waals surface area contributed by atoms with Gasteiger partial charge >= 0.3 is 6.03 Å². The van der Waals surface area contributed by atoms with E-state index >= 15 is 0 Å². The molecule has 2 aromatic rings. The average Bonchev–Trinajstić information content (AvgIpc) is 3.01. The highest BCUT2D eigenvalue weighted by Gasteiger charge is 2.39. The van der Waals surface area contributed by atoms with Gasteiger partial charge in [0.25, 0.3) is 0 Å². The first kappa shape index (κ1) is 31.6. The molecule has 0 spiro atoms. The summed E-state index contributed by atoms with van der Waals surface area (Å²) in [6, 6.07) is 13.6. The normalized spacial score (nSPS) is 20.1. The van der Waals surface area contributed by atoms with Crippen LogP contribution in [0.2, 0.25) is 0 Å². The number of para-hydroxylation sites is 1. The number of ether oxygens (including phenoxy) is 2. The van der Waals surface area contributed by atoms with E-state index in [1.54, 1.807) is 4.90 Å². The highest BCUT2D eigenvalue weighted by molar-refractivity contribution is 9.10. The number of ketones is 1. The molecule has 0 saturated carbocycles. The van der Waals surface area contributed by atoms with Crippen LogP contribution in [0.25, 0.3) is 0 Å². The van der Waals surface area contributed by atoms with E-state index in [2.05, 4.69) is 44.9 Å². The number of hydrogen-bond acceptors (Lipinski definition) is 7. The summed E-state index contributed by atoms with van der Waals surface area (Å²) in [5.41, 5.74) is 5.21. The number of nitrogens with one attached hydrogen (secondary N) is 3. The van der Waals surface area contributed by atoms with E-state index in [-0.39, 0.29) is 18.4 Å². The average molecular weight is 663 g/mol. The summed E-state index contributed by atoms with van der Waals surface area (Å²) in [6.07, 6.45) is 3.32. The minimum Gasteiger partial charge on any atom is -0.490 e. The van der Waals surface area contributed by atoms with Crippen LogP contribution in [-0.2, 0) is 11.4 Å². The maximum atomic E-state index is 13.6. The van der Waals surface area contributed by atoms with Gasteiger partial charge < -0.3 is 30.3 Å². The quantitative estimate of drug-likeness (QED) is 0.286. The Morgan fingerprint density at radius 2 is 1.93 bits per heavy atom. The van der Waals surface area contributed by atoms with Crippen molar-refractivity contribution in [2.45, 2.75) is 59.0 Å². The molecule has 44 heavy (non-hydrogen) atoms. The van der Waals surface area contributed by atoms with Gasteiger partial charge in [-0.3, -0.25) is 4.79 Å². The number of carbonyl (C=O) groups is 2. The second-order valence-electron chi connectivity index (χ2n) is 11.5. The van der Waals surface area contributed by atoms with Crippen LogP contribution in [0.4, 0.5) is 10.5 Å². The van der Waals surface area contributed by atoms with Crippen LogP contribution in [0.15, 0.2) is 63.4 Å². The number of nitrogens with zero attached hydrogens (tertiary/aromatic N) is 2. The fourth-order valence-corrected chi connectivity index (χ4v) is 6.93. The van der Waals surface area contributed by atoms with Gasteiger partial charge in [-0.25, -0.2) is 4.79 Å². The summed E-state index contributed by atoms with van der Waals surface area (Å²) >= 11 is 3.71. The van der Waals surface area contributed by atoms with Gasteiger partial charge in [0.15, 0.2) is 17.3 Å². The van der Waals surface area contributed by atoms with Gasteiger partial charge in [0, 0.05) is 60.8 Å². The van der Waals surface area contributed by atoms with Crippen molar-refractivity contribution in [2.24, 2.45) is 5.92 Å². The van der Waals surface area contributed by atoms with E-state index in [0.29, 0.717) is 64.8 Å². The zero-order valence-electron chi connectivity index (χ0n) is 25.6. The van der Waals surface area contributed by atoms with E-state index < -0.39 is 5.92 Å². The SMILES string of the molecule is CCCC1CC(=O)C2=C(C1)NC(C)=C(C#N)C2c1cc(Br)c(OCc2ccccc2NC(=O)N2CCNCC2)c(OCC)c1. The lowest BCUT2D eigenvalue weighted by Crippen LogP contribution is -2.48. The van der Waals surface area contributed by atoms with E-state index in [4.69, 9.17) is 9.47 Å². The van der Waals surface area contributed by atoms with Crippen LogP contribution in [0.3, 0.4) is 0 Å². The van der Waals surface area contributed by atoms with Crippen molar-refractivity contribution in [3.8, 4) is 17.6 Å². The number of hydrogen-bond donors (Lipinski definition) is 3. The molecular weight excluding hydrogens is 622 g/mol. The van der Waals surface area contributed by atoms with Gasteiger partial charge in [-0.1, -0.05) is 31.5 Å². The van der Waals surface area contributed by atoms with Gasteiger partial charge in [0.2, 0.25) is 0 Å². The molecule has 3 N–H and O–H groups in total. The number of rotatable bonds is 9. The maximum Gasteiger partial charge on any atom is 0.321 e. The van der Waals surface area contributed by atoms with Crippen LogP contribution in [0.1, 0.15) is 63.5 Å². The van der Waals surface area contributed by atoms with Gasteiger partial charge in [0.1, 0.15) is 6.61 Å². The fraction of sp³-hybridized carbons (Fsp3) is 0.441. The number of dihydropyridines is 1. The number of benzene rings is 2. The number of nitriles is 1. The highest BCUT2D eigenvalue weighted by atomic mass is 79.9. The molecule has 1 aliphatic carbocycles. The molecule has 2 unspecified atom stereocenters. The van der Waals surface area contributed by atoms with Crippen molar-refractivity contribution in [3.05, 3.63) is 74.5 Å². The number of anilines is 1. The van der Waals surface area contributed by atoms with E-state index in [1.807, 2.05) is 50.2 Å². The smallest absolute Gasteiger partial charge is 0.321 e. The van der Waals surface area contributed by atoms with Crippen LogP contribution in [-0.4, -0.2) is 49.5 Å². The fourth-order valence-electron chi connectivity index (χ4n) is 6.35. The highest BCUT2D eigenvalue weighted by Crippen LogP contribution is 2.47. The first-order chi connectivity index (χ1) is 21.3. The van der Waals surface area contributed by atoms with E-state index in [0.717, 1.165) is 54.9 Å². The van der Waals surface area contributed by atoms with Gasteiger partial charge in [-0.2, -0.15) is 5.26 Å². The van der Waals surface area contributed by atoms with Crippen molar-refractivity contribution in [2.75, 3.05) is 38.1 Å². The Morgan fingerprint density at radius 3 is 2.66 bits per heavy atom. The Labute approximate surface area is 267 Å². The third-order valence-corrected chi connectivity index (χ3v) is 9.02. The summed E-state index contributed by atoms with van der Waals surface area (Å²) in [5.74, 6) is 0.941. The first-order valence-electron chi connectivity index (χ1n) is 15.4. The lowest BCUT2D eigenvalue weighted by Gasteiger charge is -2.35. The molecule has 1 fully saturated rings. The minimum absolute atomic E-state index is 0.0938. The number of Topliss-reactive ketones (excluding diaryl/α,β-unsaturated/α-hetero) is 1.